The van der Waals surface area contributed by atoms with Crippen molar-refractivity contribution in [2.24, 2.45) is 0 Å². The SMILES string of the molecule is COC(=O)c1cccc(NCC(=O)NC[C@@H](O)CN2CCC(Oc3ccc(Cl)c(Cl)c3)CC2)c1. The van der Waals surface area contributed by atoms with E-state index in [1.807, 2.05) is 0 Å². The lowest BCUT2D eigenvalue weighted by atomic mass is 10.1. The van der Waals surface area contributed by atoms with Crippen LogP contribution in [-0.4, -0.2) is 73.9 Å². The topological polar surface area (TPSA) is 100 Å². The van der Waals surface area contributed by atoms with Gasteiger partial charge in [0.25, 0.3) is 0 Å². The van der Waals surface area contributed by atoms with Crippen LogP contribution < -0.4 is 15.4 Å². The number of hydrogen-bond donors (Lipinski definition) is 3. The zero-order valence-electron chi connectivity index (χ0n) is 18.9. The molecule has 1 saturated heterocycles. The number of halogens is 2. The number of rotatable bonds is 10. The Balaban J connectivity index is 1.33. The number of anilines is 1. The van der Waals surface area contributed by atoms with E-state index in [2.05, 4.69) is 15.5 Å². The predicted molar refractivity (Wildman–Crippen MR) is 132 cm³/mol. The Kier molecular flexibility index (Phi) is 9.83. The third-order valence-corrected chi connectivity index (χ3v) is 6.21. The summed E-state index contributed by atoms with van der Waals surface area (Å²) >= 11 is 12.0. The van der Waals surface area contributed by atoms with Gasteiger partial charge in [-0.05, 0) is 43.2 Å². The highest BCUT2D eigenvalue weighted by Gasteiger charge is 2.22. The van der Waals surface area contributed by atoms with Crippen molar-refractivity contribution >= 4 is 40.8 Å². The van der Waals surface area contributed by atoms with Gasteiger partial charge >= 0.3 is 5.97 Å². The highest BCUT2D eigenvalue weighted by Crippen LogP contribution is 2.28. The van der Waals surface area contributed by atoms with Crippen molar-refractivity contribution in [1.29, 1.82) is 0 Å². The Bertz CT molecular complexity index is 983. The maximum atomic E-state index is 12.1. The molecule has 2 aromatic rings. The molecule has 1 atom stereocenters. The molecule has 1 amide bonds. The number of amides is 1. The number of aliphatic hydroxyl groups excluding tert-OH is 1. The van der Waals surface area contributed by atoms with Crippen molar-refractivity contribution in [2.75, 3.05) is 45.2 Å². The fraction of sp³-hybridized carbons (Fsp3) is 0.417. The molecule has 0 saturated carbocycles. The van der Waals surface area contributed by atoms with Gasteiger partial charge < -0.3 is 30.1 Å². The minimum atomic E-state index is -0.681. The van der Waals surface area contributed by atoms with Crippen LogP contribution in [0.1, 0.15) is 23.2 Å². The number of piperidine rings is 1. The monoisotopic (exact) mass is 509 g/mol. The van der Waals surface area contributed by atoms with Crippen molar-refractivity contribution in [3.63, 3.8) is 0 Å². The van der Waals surface area contributed by atoms with Crippen LogP contribution in [0.15, 0.2) is 42.5 Å². The summed E-state index contributed by atoms with van der Waals surface area (Å²) in [6, 6.07) is 11.9. The van der Waals surface area contributed by atoms with Crippen molar-refractivity contribution < 1.29 is 24.2 Å². The summed E-state index contributed by atoms with van der Waals surface area (Å²) in [4.78, 5) is 25.9. The molecule has 0 spiro atoms. The number of carbonyl (C=O) groups excluding carboxylic acids is 2. The number of likely N-dealkylation sites (tertiary alicyclic amines) is 1. The highest BCUT2D eigenvalue weighted by molar-refractivity contribution is 6.42. The van der Waals surface area contributed by atoms with E-state index in [4.69, 9.17) is 32.7 Å². The highest BCUT2D eigenvalue weighted by atomic mass is 35.5. The number of aliphatic hydroxyl groups is 1. The average molecular weight is 510 g/mol. The molecule has 1 aliphatic heterocycles. The second kappa shape index (κ2) is 12.8. The third kappa shape index (κ3) is 8.06. The summed E-state index contributed by atoms with van der Waals surface area (Å²) in [6.45, 7) is 2.22. The molecule has 0 aliphatic carbocycles. The largest absolute Gasteiger partial charge is 0.490 e. The molecule has 1 heterocycles. The van der Waals surface area contributed by atoms with E-state index in [1.165, 1.54) is 7.11 Å². The maximum absolute atomic E-state index is 12.1. The molecule has 3 N–H and O–H groups in total. The van der Waals surface area contributed by atoms with Crippen molar-refractivity contribution in [1.82, 2.24) is 10.2 Å². The number of ether oxygens (including phenoxy) is 2. The van der Waals surface area contributed by atoms with E-state index in [9.17, 15) is 14.7 Å². The number of β-amino-alcohol motifs (C(OH)–C–C–N with tert-alkyl or cyclic N) is 1. The second-order valence-corrected chi connectivity index (χ2v) is 8.89. The smallest absolute Gasteiger partial charge is 0.337 e. The summed E-state index contributed by atoms with van der Waals surface area (Å²) in [7, 11) is 1.31. The molecule has 34 heavy (non-hydrogen) atoms. The lowest BCUT2D eigenvalue weighted by Crippen LogP contribution is -2.45. The average Bonchev–Trinajstić information content (AvgIpc) is 2.84. The van der Waals surface area contributed by atoms with E-state index in [1.54, 1.807) is 42.5 Å². The number of nitrogens with zero attached hydrogens (tertiary/aromatic N) is 1. The molecule has 0 bridgehead atoms. The first-order valence-electron chi connectivity index (χ1n) is 11.0. The summed E-state index contributed by atoms with van der Waals surface area (Å²) in [5, 5.41) is 17.0. The summed E-state index contributed by atoms with van der Waals surface area (Å²) in [5.74, 6) is -0.00122. The molecule has 8 nitrogen and oxygen atoms in total. The fourth-order valence-corrected chi connectivity index (χ4v) is 3.95. The van der Waals surface area contributed by atoms with Crippen LogP contribution in [0.2, 0.25) is 10.0 Å². The minimum Gasteiger partial charge on any atom is -0.490 e. The van der Waals surface area contributed by atoms with E-state index >= 15 is 0 Å². The van der Waals surface area contributed by atoms with Gasteiger partial charge in [-0.2, -0.15) is 0 Å². The maximum Gasteiger partial charge on any atom is 0.337 e. The molecule has 1 aliphatic rings. The second-order valence-electron chi connectivity index (χ2n) is 8.08. The molecule has 1 fully saturated rings. The third-order valence-electron chi connectivity index (χ3n) is 5.47. The van der Waals surface area contributed by atoms with E-state index in [0.29, 0.717) is 33.6 Å². The quantitative estimate of drug-likeness (QED) is 0.422. The lowest BCUT2D eigenvalue weighted by Gasteiger charge is -2.33. The number of esters is 1. The molecule has 0 radical (unpaired) electrons. The predicted octanol–water partition coefficient (Wildman–Crippen LogP) is 3.21. The molecular formula is C24H29Cl2N3O5. The molecule has 10 heteroatoms. The van der Waals surface area contributed by atoms with Crippen LogP contribution >= 0.6 is 23.2 Å². The number of benzene rings is 2. The molecular weight excluding hydrogens is 481 g/mol. The van der Waals surface area contributed by atoms with Crippen molar-refractivity contribution in [2.45, 2.75) is 25.0 Å². The Morgan fingerprint density at radius 3 is 2.62 bits per heavy atom. The first kappa shape index (κ1) is 26.1. The van der Waals surface area contributed by atoms with Crippen LogP contribution in [0.4, 0.5) is 5.69 Å². The molecule has 184 valence electrons. The molecule has 2 aromatic carbocycles. The Hall–Kier alpha value is -2.52. The lowest BCUT2D eigenvalue weighted by molar-refractivity contribution is -0.119. The number of nitrogens with one attached hydrogen (secondary N) is 2. The normalized spacial score (nSPS) is 15.4. The van der Waals surface area contributed by atoms with E-state index in [-0.39, 0.29) is 25.1 Å². The number of hydrogen-bond acceptors (Lipinski definition) is 7. The summed E-state index contributed by atoms with van der Waals surface area (Å²) in [6.07, 6.45) is 1.05. The van der Waals surface area contributed by atoms with Crippen molar-refractivity contribution in [3.8, 4) is 5.75 Å². The van der Waals surface area contributed by atoms with Gasteiger partial charge in [-0.3, -0.25) is 4.79 Å². The first-order valence-corrected chi connectivity index (χ1v) is 11.8. The van der Waals surface area contributed by atoms with Crippen LogP contribution in [0.5, 0.6) is 5.75 Å². The summed E-state index contributed by atoms with van der Waals surface area (Å²) < 4.78 is 10.7. The molecule has 0 unspecified atom stereocenters. The van der Waals surface area contributed by atoms with Crippen LogP contribution in [0.25, 0.3) is 0 Å². The number of carbonyl (C=O) groups is 2. The number of methoxy groups -OCH3 is 1. The molecule has 3 rings (SSSR count). The van der Waals surface area contributed by atoms with Gasteiger partial charge in [0.15, 0.2) is 0 Å². The van der Waals surface area contributed by atoms with Crippen LogP contribution in [0, 0.1) is 0 Å². The van der Waals surface area contributed by atoms with Crippen LogP contribution in [-0.2, 0) is 9.53 Å². The fourth-order valence-electron chi connectivity index (χ4n) is 3.67. The zero-order chi connectivity index (χ0) is 24.5. The van der Waals surface area contributed by atoms with Gasteiger partial charge in [0, 0.05) is 37.9 Å². The van der Waals surface area contributed by atoms with Gasteiger partial charge in [-0.15, -0.1) is 0 Å². The molecule has 0 aromatic heterocycles. The van der Waals surface area contributed by atoms with Crippen molar-refractivity contribution in [3.05, 3.63) is 58.1 Å². The minimum absolute atomic E-state index is 0.0226. The van der Waals surface area contributed by atoms with E-state index in [0.717, 1.165) is 25.9 Å². The Morgan fingerprint density at radius 1 is 1.15 bits per heavy atom. The van der Waals surface area contributed by atoms with Crippen LogP contribution in [0.3, 0.4) is 0 Å². The Morgan fingerprint density at radius 2 is 1.91 bits per heavy atom. The van der Waals surface area contributed by atoms with Gasteiger partial charge in [-0.1, -0.05) is 29.3 Å². The van der Waals surface area contributed by atoms with Gasteiger partial charge in [-0.25, -0.2) is 4.79 Å². The van der Waals surface area contributed by atoms with Gasteiger partial charge in [0.1, 0.15) is 11.9 Å². The first-order chi connectivity index (χ1) is 16.3. The van der Waals surface area contributed by atoms with Gasteiger partial charge in [0.05, 0.1) is 35.4 Å². The Labute approximate surface area is 209 Å². The standard InChI is InChI=1S/C24H29Cl2N3O5/c1-33-24(32)16-3-2-4-17(11-16)27-14-23(31)28-13-18(30)15-29-9-7-19(8-10-29)34-20-5-6-21(25)22(26)12-20/h2-6,11-12,18-19,27,30H,7-10,13-15H2,1H3,(H,28,31)/t18-/m1/s1. The zero-order valence-corrected chi connectivity index (χ0v) is 20.4. The summed E-state index contributed by atoms with van der Waals surface area (Å²) in [5.41, 5.74) is 1.03. The van der Waals surface area contributed by atoms with E-state index < -0.39 is 12.1 Å². The van der Waals surface area contributed by atoms with Gasteiger partial charge in [0.2, 0.25) is 5.91 Å².